The van der Waals surface area contributed by atoms with Crippen molar-refractivity contribution >= 4 is 39.6 Å². The van der Waals surface area contributed by atoms with Gasteiger partial charge in [0, 0.05) is 17.0 Å². The van der Waals surface area contributed by atoms with Crippen LogP contribution in [0.2, 0.25) is 0 Å². The number of methoxy groups -OCH3 is 1. The van der Waals surface area contributed by atoms with Crippen LogP contribution in [0.25, 0.3) is 11.1 Å². The zero-order chi connectivity index (χ0) is 16.4. The molecule has 0 bridgehead atoms. The smallest absolute Gasteiger partial charge is 0.341 e. The molecule has 0 amide bonds. The summed E-state index contributed by atoms with van der Waals surface area (Å²) in [5, 5.41) is 9.18. The summed E-state index contributed by atoms with van der Waals surface area (Å²) in [5.41, 5.74) is 1.85. The Bertz CT molecular complexity index is 739. The molecular formula is C16H15FN2O2S2. The second-order valence-electron chi connectivity index (χ2n) is 5.22. The Balaban J connectivity index is 1.91. The summed E-state index contributed by atoms with van der Waals surface area (Å²) >= 11 is 6.62. The van der Waals surface area contributed by atoms with Crippen LogP contribution in [0.3, 0.4) is 0 Å². The molecule has 0 aliphatic heterocycles. The second kappa shape index (κ2) is 6.64. The largest absolute Gasteiger partial charge is 0.465 e. The van der Waals surface area contributed by atoms with Gasteiger partial charge in [0.1, 0.15) is 16.4 Å². The van der Waals surface area contributed by atoms with E-state index in [1.807, 2.05) is 5.38 Å². The van der Waals surface area contributed by atoms with Gasteiger partial charge in [0.05, 0.1) is 7.11 Å². The zero-order valence-electron chi connectivity index (χ0n) is 12.4. The molecule has 0 saturated heterocycles. The summed E-state index contributed by atoms with van der Waals surface area (Å²) in [7, 11) is 1.33. The molecule has 1 aliphatic rings. The number of esters is 1. The van der Waals surface area contributed by atoms with Gasteiger partial charge in [-0.2, -0.15) is 0 Å². The number of hydrogen-bond acceptors (Lipinski definition) is 4. The van der Waals surface area contributed by atoms with Crippen molar-refractivity contribution < 1.29 is 13.9 Å². The number of thiocarbonyl (C=S) groups is 1. The van der Waals surface area contributed by atoms with Crippen molar-refractivity contribution in [3.8, 4) is 11.1 Å². The Morgan fingerprint density at radius 3 is 2.65 bits per heavy atom. The van der Waals surface area contributed by atoms with Gasteiger partial charge in [0.2, 0.25) is 0 Å². The molecule has 4 nitrogen and oxygen atoms in total. The first-order valence-electron chi connectivity index (χ1n) is 7.11. The van der Waals surface area contributed by atoms with Crippen LogP contribution < -0.4 is 10.6 Å². The average Bonchev–Trinajstić information content (AvgIpc) is 3.25. The predicted molar refractivity (Wildman–Crippen MR) is 93.4 cm³/mol. The normalized spacial score (nSPS) is 13.5. The number of hydrogen-bond donors (Lipinski definition) is 2. The number of anilines is 1. The van der Waals surface area contributed by atoms with E-state index in [1.54, 1.807) is 12.1 Å². The lowest BCUT2D eigenvalue weighted by Gasteiger charge is -2.10. The fraction of sp³-hybridized carbons (Fsp3) is 0.250. The van der Waals surface area contributed by atoms with Gasteiger partial charge in [-0.1, -0.05) is 12.1 Å². The fourth-order valence-corrected chi connectivity index (χ4v) is 3.44. The maximum Gasteiger partial charge on any atom is 0.341 e. The van der Waals surface area contributed by atoms with E-state index in [-0.39, 0.29) is 5.82 Å². The number of thiophene rings is 1. The van der Waals surface area contributed by atoms with E-state index in [9.17, 15) is 9.18 Å². The molecule has 1 fully saturated rings. The third-order valence-corrected chi connectivity index (χ3v) is 4.59. The van der Waals surface area contributed by atoms with Crippen molar-refractivity contribution in [2.45, 2.75) is 18.9 Å². The van der Waals surface area contributed by atoms with Gasteiger partial charge in [-0.3, -0.25) is 0 Å². The van der Waals surface area contributed by atoms with Crippen molar-refractivity contribution in [3.05, 3.63) is 41.0 Å². The van der Waals surface area contributed by atoms with Crippen LogP contribution in [0.15, 0.2) is 29.6 Å². The first-order valence-corrected chi connectivity index (χ1v) is 8.40. The number of benzene rings is 1. The molecule has 1 heterocycles. The van der Waals surface area contributed by atoms with Gasteiger partial charge in [-0.25, -0.2) is 9.18 Å². The monoisotopic (exact) mass is 350 g/mol. The Hall–Kier alpha value is -1.99. The standard InChI is InChI=1S/C16H15FN2O2S2/c1-21-15(20)13-12(9-2-4-10(17)5-3-9)8-23-14(13)19-16(22)18-11-6-7-11/h2-5,8,11H,6-7H2,1H3,(H2,18,19,22). The van der Waals surface area contributed by atoms with Crippen molar-refractivity contribution in [2.75, 3.05) is 12.4 Å². The molecule has 2 N–H and O–H groups in total. The lowest BCUT2D eigenvalue weighted by molar-refractivity contribution is 0.0603. The Labute approximate surface area is 142 Å². The molecule has 0 unspecified atom stereocenters. The van der Waals surface area contributed by atoms with Crippen molar-refractivity contribution in [1.82, 2.24) is 5.32 Å². The summed E-state index contributed by atoms with van der Waals surface area (Å²) < 4.78 is 18.0. The molecule has 1 aliphatic carbocycles. The fourth-order valence-electron chi connectivity index (χ4n) is 2.15. The zero-order valence-corrected chi connectivity index (χ0v) is 14.0. The van der Waals surface area contributed by atoms with Crippen LogP contribution in [-0.4, -0.2) is 24.2 Å². The second-order valence-corrected chi connectivity index (χ2v) is 6.51. The summed E-state index contributed by atoms with van der Waals surface area (Å²) in [6.45, 7) is 0. The molecule has 3 rings (SSSR count). The minimum Gasteiger partial charge on any atom is -0.465 e. The highest BCUT2D eigenvalue weighted by molar-refractivity contribution is 7.80. The van der Waals surface area contributed by atoms with E-state index in [4.69, 9.17) is 17.0 Å². The van der Waals surface area contributed by atoms with Gasteiger partial charge >= 0.3 is 5.97 Å². The van der Waals surface area contributed by atoms with Crippen molar-refractivity contribution in [2.24, 2.45) is 0 Å². The van der Waals surface area contributed by atoms with Gasteiger partial charge in [0.15, 0.2) is 5.11 Å². The first-order chi connectivity index (χ1) is 11.1. The highest BCUT2D eigenvalue weighted by atomic mass is 32.1. The average molecular weight is 350 g/mol. The number of carbonyl (C=O) groups is 1. The number of nitrogens with one attached hydrogen (secondary N) is 2. The van der Waals surface area contributed by atoms with E-state index < -0.39 is 5.97 Å². The lowest BCUT2D eigenvalue weighted by Crippen LogP contribution is -2.30. The predicted octanol–water partition coefficient (Wildman–Crippen LogP) is 3.79. The van der Waals surface area contributed by atoms with Gasteiger partial charge < -0.3 is 15.4 Å². The maximum atomic E-state index is 13.1. The topological polar surface area (TPSA) is 50.4 Å². The molecule has 1 saturated carbocycles. The summed E-state index contributed by atoms with van der Waals surface area (Å²) in [6.07, 6.45) is 2.22. The van der Waals surface area contributed by atoms with E-state index in [0.29, 0.717) is 27.3 Å². The quantitative estimate of drug-likeness (QED) is 0.649. The third-order valence-electron chi connectivity index (χ3n) is 3.48. The molecule has 23 heavy (non-hydrogen) atoms. The number of ether oxygens (including phenoxy) is 1. The van der Waals surface area contributed by atoms with Gasteiger partial charge in [-0.05, 0) is 42.8 Å². The van der Waals surface area contributed by atoms with E-state index in [0.717, 1.165) is 18.4 Å². The van der Waals surface area contributed by atoms with E-state index in [1.165, 1.54) is 30.6 Å². The Morgan fingerprint density at radius 1 is 1.35 bits per heavy atom. The third kappa shape index (κ3) is 3.68. The van der Waals surface area contributed by atoms with Crippen LogP contribution in [0.5, 0.6) is 0 Å². The van der Waals surface area contributed by atoms with E-state index in [2.05, 4.69) is 10.6 Å². The molecule has 120 valence electrons. The molecule has 0 spiro atoms. The highest BCUT2D eigenvalue weighted by Crippen LogP contribution is 2.36. The van der Waals surface area contributed by atoms with Gasteiger partial charge in [0.25, 0.3) is 0 Å². The number of rotatable bonds is 4. The van der Waals surface area contributed by atoms with Crippen LogP contribution in [-0.2, 0) is 4.74 Å². The summed E-state index contributed by atoms with van der Waals surface area (Å²) in [4.78, 5) is 12.2. The van der Waals surface area contributed by atoms with Crippen molar-refractivity contribution in [3.63, 3.8) is 0 Å². The molecular weight excluding hydrogens is 335 g/mol. The summed E-state index contributed by atoms with van der Waals surface area (Å²) in [6, 6.07) is 6.41. The number of halogens is 1. The first kappa shape index (κ1) is 15.9. The molecule has 1 aromatic heterocycles. The summed E-state index contributed by atoms with van der Waals surface area (Å²) in [5.74, 6) is -0.779. The molecule has 7 heteroatoms. The van der Waals surface area contributed by atoms with Crippen LogP contribution >= 0.6 is 23.6 Å². The van der Waals surface area contributed by atoms with Crippen molar-refractivity contribution in [1.29, 1.82) is 0 Å². The lowest BCUT2D eigenvalue weighted by atomic mass is 10.0. The minimum atomic E-state index is -0.456. The van der Waals surface area contributed by atoms with Crippen LogP contribution in [0.4, 0.5) is 9.39 Å². The number of carbonyl (C=O) groups excluding carboxylic acids is 1. The van der Waals surface area contributed by atoms with Crippen LogP contribution in [0, 0.1) is 5.82 Å². The Kier molecular flexibility index (Phi) is 4.58. The molecule has 0 atom stereocenters. The molecule has 2 aromatic rings. The maximum absolute atomic E-state index is 13.1. The Morgan fingerprint density at radius 2 is 2.04 bits per heavy atom. The van der Waals surface area contributed by atoms with Gasteiger partial charge in [-0.15, -0.1) is 11.3 Å². The van der Waals surface area contributed by atoms with Crippen LogP contribution in [0.1, 0.15) is 23.2 Å². The highest BCUT2D eigenvalue weighted by Gasteiger charge is 2.24. The molecule has 0 radical (unpaired) electrons. The minimum absolute atomic E-state index is 0.322. The SMILES string of the molecule is COC(=O)c1c(-c2ccc(F)cc2)csc1NC(=S)NC1CC1. The molecule has 1 aromatic carbocycles. The van der Waals surface area contributed by atoms with E-state index >= 15 is 0 Å².